The summed E-state index contributed by atoms with van der Waals surface area (Å²) in [5.74, 6) is -0.242. The first-order valence-corrected chi connectivity index (χ1v) is 4.18. The molecule has 0 radical (unpaired) electrons. The fraction of sp³-hybridized carbons (Fsp3) is 0.273. The lowest BCUT2D eigenvalue weighted by molar-refractivity contribution is -0.142. The Morgan fingerprint density at radius 3 is 2.36 bits per heavy atom. The zero-order valence-electron chi connectivity index (χ0n) is 8.36. The predicted molar refractivity (Wildman–Crippen MR) is 53.2 cm³/mol. The standard InChI is InChI=1S/C9H10O2.C2H3N/c1-8(10)11-7-9-5-3-2-4-6-9;1-2-3/h2-6H,7H2,1H3;1H3. The zero-order valence-corrected chi connectivity index (χ0v) is 8.36. The molecule has 0 bridgehead atoms. The first-order chi connectivity index (χ1) is 6.70. The summed E-state index contributed by atoms with van der Waals surface area (Å²) >= 11 is 0. The van der Waals surface area contributed by atoms with Crippen molar-refractivity contribution in [1.29, 1.82) is 5.26 Å². The summed E-state index contributed by atoms with van der Waals surface area (Å²) in [5.41, 5.74) is 1.02. The van der Waals surface area contributed by atoms with Crippen molar-refractivity contribution in [1.82, 2.24) is 0 Å². The molecule has 0 aliphatic heterocycles. The molecule has 0 spiro atoms. The summed E-state index contributed by atoms with van der Waals surface area (Å²) in [6.45, 7) is 3.21. The highest BCUT2D eigenvalue weighted by molar-refractivity contribution is 5.65. The monoisotopic (exact) mass is 191 g/mol. The van der Waals surface area contributed by atoms with Gasteiger partial charge in [-0.1, -0.05) is 30.3 Å². The van der Waals surface area contributed by atoms with Crippen molar-refractivity contribution in [3.05, 3.63) is 35.9 Å². The third-order valence-electron chi connectivity index (χ3n) is 1.28. The molecule has 14 heavy (non-hydrogen) atoms. The molecule has 0 heterocycles. The van der Waals surface area contributed by atoms with Crippen LogP contribution in [-0.4, -0.2) is 5.97 Å². The Morgan fingerprint density at radius 1 is 1.43 bits per heavy atom. The number of carbonyl (C=O) groups is 1. The topological polar surface area (TPSA) is 50.1 Å². The zero-order chi connectivity index (χ0) is 10.8. The lowest BCUT2D eigenvalue weighted by atomic mass is 10.2. The predicted octanol–water partition coefficient (Wildman–Crippen LogP) is 2.28. The lowest BCUT2D eigenvalue weighted by Gasteiger charge is -1.99. The number of nitrogens with zero attached hydrogens (tertiary/aromatic N) is 1. The summed E-state index contributed by atoms with van der Waals surface area (Å²) in [6, 6.07) is 11.3. The van der Waals surface area contributed by atoms with Gasteiger partial charge in [-0.3, -0.25) is 4.79 Å². The van der Waals surface area contributed by atoms with Crippen molar-refractivity contribution in [3.8, 4) is 6.07 Å². The van der Waals surface area contributed by atoms with Crippen molar-refractivity contribution < 1.29 is 9.53 Å². The molecule has 3 heteroatoms. The second-order valence-electron chi connectivity index (χ2n) is 2.49. The number of rotatable bonds is 2. The minimum atomic E-state index is -0.242. The fourth-order valence-corrected chi connectivity index (χ4v) is 0.759. The van der Waals surface area contributed by atoms with Crippen LogP contribution in [0.1, 0.15) is 19.4 Å². The van der Waals surface area contributed by atoms with Crippen LogP contribution in [0.5, 0.6) is 0 Å². The average molecular weight is 191 g/mol. The van der Waals surface area contributed by atoms with Gasteiger partial charge in [0.15, 0.2) is 0 Å². The van der Waals surface area contributed by atoms with E-state index in [1.54, 1.807) is 6.07 Å². The van der Waals surface area contributed by atoms with Gasteiger partial charge in [-0.25, -0.2) is 0 Å². The van der Waals surface area contributed by atoms with Crippen LogP contribution in [0.2, 0.25) is 0 Å². The molecule has 0 N–H and O–H groups in total. The maximum absolute atomic E-state index is 10.4. The van der Waals surface area contributed by atoms with Crippen molar-refractivity contribution in [2.24, 2.45) is 0 Å². The molecule has 1 aromatic carbocycles. The summed E-state index contributed by atoms with van der Waals surface area (Å²) in [5, 5.41) is 7.32. The van der Waals surface area contributed by atoms with E-state index in [9.17, 15) is 4.79 Å². The number of hydrogen-bond donors (Lipinski definition) is 0. The molecule has 0 saturated heterocycles. The van der Waals surface area contributed by atoms with Gasteiger partial charge in [0.25, 0.3) is 0 Å². The molecule has 1 aromatic rings. The van der Waals surface area contributed by atoms with Crippen molar-refractivity contribution in [2.45, 2.75) is 20.5 Å². The quantitative estimate of drug-likeness (QED) is 0.674. The molecular weight excluding hydrogens is 178 g/mol. The van der Waals surface area contributed by atoms with Gasteiger partial charge in [-0.15, -0.1) is 0 Å². The van der Waals surface area contributed by atoms with E-state index in [0.717, 1.165) is 5.56 Å². The van der Waals surface area contributed by atoms with Crippen molar-refractivity contribution in [2.75, 3.05) is 0 Å². The highest BCUT2D eigenvalue weighted by Gasteiger charge is 1.93. The molecule has 0 unspecified atom stereocenters. The van der Waals surface area contributed by atoms with E-state index in [1.165, 1.54) is 13.8 Å². The third-order valence-corrected chi connectivity index (χ3v) is 1.28. The molecule has 0 saturated carbocycles. The second kappa shape index (κ2) is 7.81. The molecule has 0 aliphatic rings. The Morgan fingerprint density at radius 2 is 1.93 bits per heavy atom. The Kier molecular flexibility index (Phi) is 6.79. The fourth-order valence-electron chi connectivity index (χ4n) is 0.759. The number of hydrogen-bond acceptors (Lipinski definition) is 3. The number of carbonyl (C=O) groups excluding carboxylic acids is 1. The Bertz CT molecular complexity index is 301. The third kappa shape index (κ3) is 6.86. The SMILES string of the molecule is CC#N.CC(=O)OCc1ccccc1. The van der Waals surface area contributed by atoms with Gasteiger partial charge in [0.1, 0.15) is 6.61 Å². The first kappa shape index (κ1) is 12.2. The molecular formula is C11H13NO2. The molecule has 0 aliphatic carbocycles. The van der Waals surface area contributed by atoms with Gasteiger partial charge in [-0.2, -0.15) is 5.26 Å². The van der Waals surface area contributed by atoms with Crippen LogP contribution in [-0.2, 0) is 16.1 Å². The molecule has 0 atom stereocenters. The Labute approximate surface area is 83.9 Å². The molecule has 0 fully saturated rings. The van der Waals surface area contributed by atoms with E-state index in [0.29, 0.717) is 6.61 Å². The minimum absolute atomic E-state index is 0.242. The van der Waals surface area contributed by atoms with Crippen LogP contribution in [0.15, 0.2) is 30.3 Å². The van der Waals surface area contributed by atoms with Crippen molar-refractivity contribution >= 4 is 5.97 Å². The van der Waals surface area contributed by atoms with E-state index in [4.69, 9.17) is 10.00 Å². The van der Waals surface area contributed by atoms with Gasteiger partial charge in [-0.05, 0) is 5.56 Å². The van der Waals surface area contributed by atoms with Crippen LogP contribution in [0.4, 0.5) is 0 Å². The number of nitriles is 1. The average Bonchev–Trinajstić information content (AvgIpc) is 2.18. The largest absolute Gasteiger partial charge is 0.461 e. The van der Waals surface area contributed by atoms with E-state index in [2.05, 4.69) is 0 Å². The molecule has 0 amide bonds. The van der Waals surface area contributed by atoms with Gasteiger partial charge >= 0.3 is 5.97 Å². The highest BCUT2D eigenvalue weighted by atomic mass is 16.5. The van der Waals surface area contributed by atoms with E-state index < -0.39 is 0 Å². The minimum Gasteiger partial charge on any atom is -0.461 e. The first-order valence-electron chi connectivity index (χ1n) is 4.18. The Balaban J connectivity index is 0.000000500. The lowest BCUT2D eigenvalue weighted by Crippen LogP contribution is -1.97. The van der Waals surface area contributed by atoms with Crippen molar-refractivity contribution in [3.63, 3.8) is 0 Å². The molecule has 0 aromatic heterocycles. The highest BCUT2D eigenvalue weighted by Crippen LogP contribution is 1.99. The van der Waals surface area contributed by atoms with Gasteiger partial charge < -0.3 is 4.74 Å². The second-order valence-corrected chi connectivity index (χ2v) is 2.49. The summed E-state index contributed by atoms with van der Waals surface area (Å²) in [4.78, 5) is 10.4. The van der Waals surface area contributed by atoms with Gasteiger partial charge in [0.05, 0.1) is 6.07 Å². The molecule has 74 valence electrons. The number of esters is 1. The number of ether oxygens (including phenoxy) is 1. The Hall–Kier alpha value is -1.82. The van der Waals surface area contributed by atoms with Crippen LogP contribution >= 0.6 is 0 Å². The maximum atomic E-state index is 10.4. The summed E-state index contributed by atoms with van der Waals surface area (Å²) in [7, 11) is 0. The van der Waals surface area contributed by atoms with Crippen LogP contribution in [0, 0.1) is 11.3 Å². The van der Waals surface area contributed by atoms with Gasteiger partial charge in [0.2, 0.25) is 0 Å². The smallest absolute Gasteiger partial charge is 0.302 e. The summed E-state index contributed by atoms with van der Waals surface area (Å²) < 4.78 is 4.79. The summed E-state index contributed by atoms with van der Waals surface area (Å²) in [6.07, 6.45) is 0. The molecule has 1 rings (SSSR count). The van der Waals surface area contributed by atoms with E-state index in [-0.39, 0.29) is 5.97 Å². The normalized spacial score (nSPS) is 7.79. The van der Waals surface area contributed by atoms with Crippen LogP contribution in [0.25, 0.3) is 0 Å². The van der Waals surface area contributed by atoms with E-state index in [1.807, 2.05) is 30.3 Å². The van der Waals surface area contributed by atoms with Gasteiger partial charge in [0, 0.05) is 13.8 Å². The van der Waals surface area contributed by atoms with Crippen LogP contribution < -0.4 is 0 Å². The maximum Gasteiger partial charge on any atom is 0.302 e. The van der Waals surface area contributed by atoms with Crippen LogP contribution in [0.3, 0.4) is 0 Å². The molecule has 3 nitrogen and oxygen atoms in total. The number of benzene rings is 1. The van der Waals surface area contributed by atoms with E-state index >= 15 is 0 Å².